The standard InChI is InChI=1S/C30H38N2O9/c33-12-11-31-26(35)8-10-32-28(36)21-17-24(27-25(18-21)40-30(41-27,22-4-5-22)23-6-7-23)39-29(37)20-3-1-2-19(16-20)9-14-38-15-13-34/h1-3,9,14,16,18,22-25,27,33-34H,4-8,10-13,15,17H2,(H,31,35)(H,32,36)/t24-,25-,27+/m1/s1. The fraction of sp³-hybridized carbons (Fsp3) is 0.567. The molecule has 5 rings (SSSR count). The van der Waals surface area contributed by atoms with Crippen LogP contribution in [0.1, 0.15) is 54.4 Å². The molecule has 3 atom stereocenters. The fourth-order valence-corrected chi connectivity index (χ4v) is 5.48. The zero-order chi connectivity index (χ0) is 28.8. The summed E-state index contributed by atoms with van der Waals surface area (Å²) in [6, 6.07) is 6.89. The van der Waals surface area contributed by atoms with E-state index in [0.29, 0.717) is 23.0 Å². The van der Waals surface area contributed by atoms with E-state index in [-0.39, 0.29) is 57.6 Å². The number of carbonyl (C=O) groups excluding carboxylic acids is 3. The molecule has 222 valence electrons. The molecule has 0 bridgehead atoms. The zero-order valence-corrected chi connectivity index (χ0v) is 23.0. The summed E-state index contributed by atoms with van der Waals surface area (Å²) in [5.74, 6) is -1.26. The number of fused-ring (bicyclic) bond motifs is 1. The Hall–Kier alpha value is -3.25. The number of carbonyl (C=O) groups is 3. The average molecular weight is 571 g/mol. The van der Waals surface area contributed by atoms with E-state index in [0.717, 1.165) is 31.2 Å². The van der Waals surface area contributed by atoms with Crippen molar-refractivity contribution >= 4 is 23.9 Å². The van der Waals surface area contributed by atoms with Gasteiger partial charge in [-0.1, -0.05) is 12.1 Å². The smallest absolute Gasteiger partial charge is 0.338 e. The van der Waals surface area contributed by atoms with E-state index >= 15 is 0 Å². The van der Waals surface area contributed by atoms with E-state index in [1.54, 1.807) is 30.4 Å². The predicted octanol–water partition coefficient (Wildman–Crippen LogP) is 1.44. The molecule has 0 aromatic heterocycles. The minimum absolute atomic E-state index is 0.0748. The summed E-state index contributed by atoms with van der Waals surface area (Å²) in [5.41, 5.74) is 1.49. The highest BCUT2D eigenvalue weighted by molar-refractivity contribution is 5.94. The summed E-state index contributed by atoms with van der Waals surface area (Å²) in [6.07, 6.45) is 7.45. The number of hydrogen-bond donors (Lipinski definition) is 4. The van der Waals surface area contributed by atoms with Gasteiger partial charge >= 0.3 is 5.97 Å². The van der Waals surface area contributed by atoms with Gasteiger partial charge in [-0.25, -0.2) is 4.79 Å². The third kappa shape index (κ3) is 7.16. The Bertz CT molecular complexity index is 1160. The first kappa shape index (κ1) is 29.2. The highest BCUT2D eigenvalue weighted by atomic mass is 16.8. The largest absolute Gasteiger partial charge is 0.499 e. The first-order chi connectivity index (χ1) is 19.9. The lowest BCUT2D eigenvalue weighted by atomic mass is 9.91. The quantitative estimate of drug-likeness (QED) is 0.148. The molecule has 0 spiro atoms. The SMILES string of the molecule is O=C(CCNC(=O)C1=C[C@H]2OC(C3CC3)(C3CC3)O[C@H]2[C@H](OC(=O)c2cccc(C=COCCO)c2)C1)NCCO. The normalized spacial score (nSPS) is 24.8. The van der Waals surface area contributed by atoms with Gasteiger partial charge in [0.05, 0.1) is 25.0 Å². The molecule has 4 aliphatic rings. The molecule has 11 nitrogen and oxygen atoms in total. The molecule has 3 fully saturated rings. The first-order valence-electron chi connectivity index (χ1n) is 14.4. The van der Waals surface area contributed by atoms with Gasteiger partial charge in [0, 0.05) is 43.3 Å². The van der Waals surface area contributed by atoms with Crippen molar-refractivity contribution in [2.24, 2.45) is 11.8 Å². The molecule has 1 saturated heterocycles. The number of rotatable bonds is 14. The van der Waals surface area contributed by atoms with Crippen LogP contribution < -0.4 is 10.6 Å². The third-order valence-corrected chi connectivity index (χ3v) is 7.72. The van der Waals surface area contributed by atoms with Crippen LogP contribution in [0, 0.1) is 11.8 Å². The molecule has 4 N–H and O–H groups in total. The van der Waals surface area contributed by atoms with Gasteiger partial charge in [-0.05, 0) is 55.5 Å². The Morgan fingerprint density at radius 3 is 2.51 bits per heavy atom. The molecule has 2 saturated carbocycles. The number of hydrogen-bond acceptors (Lipinski definition) is 9. The van der Waals surface area contributed by atoms with Crippen molar-refractivity contribution in [1.29, 1.82) is 0 Å². The van der Waals surface area contributed by atoms with Crippen LogP contribution in [0.5, 0.6) is 0 Å². The van der Waals surface area contributed by atoms with Gasteiger partial charge in [-0.3, -0.25) is 9.59 Å². The number of aliphatic hydroxyl groups excluding tert-OH is 2. The van der Waals surface area contributed by atoms with Crippen molar-refractivity contribution < 1.29 is 43.5 Å². The van der Waals surface area contributed by atoms with Crippen molar-refractivity contribution in [3.8, 4) is 0 Å². The molecule has 41 heavy (non-hydrogen) atoms. The van der Waals surface area contributed by atoms with Gasteiger partial charge in [0.25, 0.3) is 0 Å². The summed E-state index contributed by atoms with van der Waals surface area (Å²) < 4.78 is 24.4. The first-order valence-corrected chi connectivity index (χ1v) is 14.4. The number of amides is 2. The average Bonchev–Trinajstić information content (AvgIpc) is 3.91. The Kier molecular flexibility index (Phi) is 9.39. The molecular weight excluding hydrogens is 532 g/mol. The summed E-state index contributed by atoms with van der Waals surface area (Å²) in [6.45, 7) is 0.210. The number of nitrogens with one attached hydrogen (secondary N) is 2. The van der Waals surface area contributed by atoms with Crippen LogP contribution in [-0.4, -0.2) is 85.0 Å². The molecule has 11 heteroatoms. The minimum atomic E-state index is -0.738. The maximum absolute atomic E-state index is 13.3. The topological polar surface area (TPSA) is 153 Å². The van der Waals surface area contributed by atoms with E-state index in [2.05, 4.69) is 10.6 Å². The second kappa shape index (κ2) is 13.2. The van der Waals surface area contributed by atoms with Crippen LogP contribution in [0.15, 0.2) is 42.2 Å². The molecule has 1 aromatic rings. The van der Waals surface area contributed by atoms with Crippen LogP contribution >= 0.6 is 0 Å². The summed E-state index contributed by atoms with van der Waals surface area (Å²) in [4.78, 5) is 38.2. The maximum atomic E-state index is 13.3. The van der Waals surface area contributed by atoms with Crippen molar-refractivity contribution in [3.63, 3.8) is 0 Å². The molecule has 2 amide bonds. The van der Waals surface area contributed by atoms with Crippen molar-refractivity contribution in [2.75, 3.05) is 32.9 Å². The van der Waals surface area contributed by atoms with Crippen LogP contribution in [0.3, 0.4) is 0 Å². The van der Waals surface area contributed by atoms with E-state index in [9.17, 15) is 14.4 Å². The lowest BCUT2D eigenvalue weighted by molar-refractivity contribution is -0.209. The number of esters is 1. The zero-order valence-electron chi connectivity index (χ0n) is 23.0. The Labute approximate surface area is 238 Å². The van der Waals surface area contributed by atoms with E-state index in [1.165, 1.54) is 6.26 Å². The van der Waals surface area contributed by atoms with Crippen LogP contribution in [-0.2, 0) is 28.5 Å². The van der Waals surface area contributed by atoms with Crippen LogP contribution in [0.2, 0.25) is 0 Å². The predicted molar refractivity (Wildman–Crippen MR) is 146 cm³/mol. The van der Waals surface area contributed by atoms with Crippen molar-refractivity contribution in [1.82, 2.24) is 10.6 Å². The maximum Gasteiger partial charge on any atom is 0.338 e. The number of ether oxygens (including phenoxy) is 4. The molecule has 1 aromatic carbocycles. The number of benzene rings is 1. The molecule has 1 aliphatic heterocycles. The lowest BCUT2D eigenvalue weighted by Crippen LogP contribution is -2.44. The lowest BCUT2D eigenvalue weighted by Gasteiger charge is -2.31. The molecule has 1 heterocycles. The van der Waals surface area contributed by atoms with Crippen LogP contribution in [0.25, 0.3) is 6.08 Å². The third-order valence-electron chi connectivity index (χ3n) is 7.72. The number of aliphatic hydroxyl groups is 2. The Morgan fingerprint density at radius 1 is 1.02 bits per heavy atom. The van der Waals surface area contributed by atoms with Gasteiger partial charge in [-0.2, -0.15) is 0 Å². The summed E-state index contributed by atoms with van der Waals surface area (Å²) >= 11 is 0. The summed E-state index contributed by atoms with van der Waals surface area (Å²) in [7, 11) is 0. The molecule has 0 radical (unpaired) electrons. The Balaban J connectivity index is 1.29. The molecular formula is C30H38N2O9. The molecule has 3 aliphatic carbocycles. The van der Waals surface area contributed by atoms with E-state index in [4.69, 9.17) is 29.2 Å². The second-order valence-electron chi connectivity index (χ2n) is 10.9. The van der Waals surface area contributed by atoms with E-state index in [1.807, 2.05) is 6.07 Å². The minimum Gasteiger partial charge on any atom is -0.499 e. The fourth-order valence-electron chi connectivity index (χ4n) is 5.48. The Morgan fingerprint density at radius 2 is 1.80 bits per heavy atom. The van der Waals surface area contributed by atoms with Gasteiger partial charge in [-0.15, -0.1) is 0 Å². The molecule has 0 unspecified atom stereocenters. The highest BCUT2D eigenvalue weighted by Crippen LogP contribution is 2.59. The van der Waals surface area contributed by atoms with Crippen molar-refractivity contribution in [3.05, 3.63) is 53.3 Å². The van der Waals surface area contributed by atoms with Gasteiger partial charge < -0.3 is 39.8 Å². The second-order valence-corrected chi connectivity index (χ2v) is 10.9. The van der Waals surface area contributed by atoms with Gasteiger partial charge in [0.1, 0.15) is 24.9 Å². The highest BCUT2D eigenvalue weighted by Gasteiger charge is 2.64. The monoisotopic (exact) mass is 570 g/mol. The summed E-state index contributed by atoms with van der Waals surface area (Å²) in [5, 5.41) is 23.0. The van der Waals surface area contributed by atoms with Gasteiger partial charge in [0.2, 0.25) is 11.8 Å². The van der Waals surface area contributed by atoms with Crippen molar-refractivity contribution in [2.45, 2.75) is 62.6 Å². The van der Waals surface area contributed by atoms with Crippen LogP contribution in [0.4, 0.5) is 0 Å². The van der Waals surface area contributed by atoms with E-state index < -0.39 is 30.1 Å². The van der Waals surface area contributed by atoms with Gasteiger partial charge in [0.15, 0.2) is 5.79 Å².